The van der Waals surface area contributed by atoms with Crippen molar-refractivity contribution in [3.8, 4) is 0 Å². The molecule has 2 heterocycles. The summed E-state index contributed by atoms with van der Waals surface area (Å²) in [4.78, 5) is 29.7. The van der Waals surface area contributed by atoms with Gasteiger partial charge in [-0.15, -0.1) is 11.3 Å². The zero-order valence-corrected chi connectivity index (χ0v) is 14.8. The maximum absolute atomic E-state index is 12.5. The third kappa shape index (κ3) is 4.46. The van der Waals surface area contributed by atoms with Gasteiger partial charge in [0, 0.05) is 28.8 Å². The minimum atomic E-state index is -0.853. The second-order valence-electron chi connectivity index (χ2n) is 6.48. The van der Waals surface area contributed by atoms with Crippen LogP contribution in [0.2, 0.25) is 0 Å². The maximum Gasteiger partial charge on any atom is 0.305 e. The smallest absolute Gasteiger partial charge is 0.305 e. The van der Waals surface area contributed by atoms with Gasteiger partial charge in [0.05, 0.1) is 29.6 Å². The molecule has 5 nitrogen and oxygen atoms in total. The normalized spacial score (nSPS) is 19.2. The zero-order chi connectivity index (χ0) is 16.3. The average molecular weight is 342 g/mol. The van der Waals surface area contributed by atoms with E-state index in [1.54, 1.807) is 28.0 Å². The van der Waals surface area contributed by atoms with Crippen LogP contribution in [-0.4, -0.2) is 51.0 Å². The van der Waals surface area contributed by atoms with E-state index < -0.39 is 5.97 Å². The van der Waals surface area contributed by atoms with E-state index >= 15 is 0 Å². The minimum Gasteiger partial charge on any atom is -0.481 e. The fraction of sp³-hybridized carbons (Fsp3) is 0.667. The number of aromatic nitrogens is 1. The number of thioether (sulfide) groups is 1. The number of rotatable bonds is 4. The molecule has 2 rings (SSSR count). The summed E-state index contributed by atoms with van der Waals surface area (Å²) < 4.78 is 0. The predicted octanol–water partition coefficient (Wildman–Crippen LogP) is 2.40. The first kappa shape index (κ1) is 17.3. The van der Waals surface area contributed by atoms with Gasteiger partial charge in [-0.25, -0.2) is 4.98 Å². The second-order valence-corrected chi connectivity index (χ2v) is 8.49. The van der Waals surface area contributed by atoms with Crippen LogP contribution in [-0.2, 0) is 21.4 Å². The number of carbonyl (C=O) groups excluding carboxylic acids is 1. The highest BCUT2D eigenvalue weighted by Crippen LogP contribution is 2.26. The summed E-state index contributed by atoms with van der Waals surface area (Å²) in [5, 5.41) is 11.9. The number of thiazole rings is 1. The number of carbonyl (C=O) groups is 2. The van der Waals surface area contributed by atoms with Crippen LogP contribution < -0.4 is 0 Å². The molecular formula is C15H22N2O3S2. The molecule has 0 radical (unpaired) electrons. The van der Waals surface area contributed by atoms with E-state index in [9.17, 15) is 9.59 Å². The van der Waals surface area contributed by atoms with Crippen LogP contribution in [0.1, 0.15) is 37.9 Å². The highest BCUT2D eigenvalue weighted by Gasteiger charge is 2.29. The van der Waals surface area contributed by atoms with E-state index in [1.807, 2.05) is 5.38 Å². The summed E-state index contributed by atoms with van der Waals surface area (Å²) in [6.07, 6.45) is 0.274. The van der Waals surface area contributed by atoms with E-state index in [4.69, 9.17) is 5.11 Å². The predicted molar refractivity (Wildman–Crippen MR) is 89.6 cm³/mol. The minimum absolute atomic E-state index is 0.0143. The molecule has 0 aliphatic carbocycles. The number of carboxylic acid groups (broad SMARTS) is 1. The Balaban J connectivity index is 2.03. The van der Waals surface area contributed by atoms with Crippen LogP contribution in [0.25, 0.3) is 0 Å². The van der Waals surface area contributed by atoms with Crippen molar-refractivity contribution in [1.82, 2.24) is 9.88 Å². The molecule has 7 heteroatoms. The van der Waals surface area contributed by atoms with E-state index in [1.165, 1.54) is 0 Å². The van der Waals surface area contributed by atoms with Crippen molar-refractivity contribution in [2.75, 3.05) is 18.1 Å². The molecule has 1 aromatic rings. The molecule has 122 valence electrons. The molecule has 1 fully saturated rings. The molecular weight excluding hydrogens is 320 g/mol. The Bertz CT molecular complexity index is 551. The summed E-state index contributed by atoms with van der Waals surface area (Å²) in [6, 6.07) is -0.204. The van der Waals surface area contributed by atoms with Gasteiger partial charge >= 0.3 is 5.97 Å². The monoisotopic (exact) mass is 342 g/mol. The molecule has 22 heavy (non-hydrogen) atoms. The topological polar surface area (TPSA) is 70.5 Å². The lowest BCUT2D eigenvalue weighted by molar-refractivity contribution is -0.140. The molecule has 1 unspecified atom stereocenters. The fourth-order valence-corrected chi connectivity index (χ4v) is 4.31. The van der Waals surface area contributed by atoms with Gasteiger partial charge in [-0.1, -0.05) is 20.8 Å². The molecule has 1 atom stereocenters. The fourth-order valence-electron chi connectivity index (χ4n) is 2.34. The van der Waals surface area contributed by atoms with Gasteiger partial charge < -0.3 is 10.0 Å². The lowest BCUT2D eigenvalue weighted by Gasteiger charge is -2.34. The van der Waals surface area contributed by atoms with Crippen LogP contribution >= 0.6 is 23.1 Å². The van der Waals surface area contributed by atoms with Gasteiger partial charge in [-0.05, 0) is 0 Å². The van der Waals surface area contributed by atoms with E-state index in [0.29, 0.717) is 12.3 Å². The SMILES string of the molecule is CC(C)(C)c1nc(CC(=O)N2CCSCC2CC(=O)O)cs1. The van der Waals surface area contributed by atoms with Crippen LogP contribution in [0.3, 0.4) is 0 Å². The van der Waals surface area contributed by atoms with Crippen molar-refractivity contribution in [3.63, 3.8) is 0 Å². The Morgan fingerprint density at radius 3 is 2.77 bits per heavy atom. The van der Waals surface area contributed by atoms with Crippen molar-refractivity contribution >= 4 is 35.0 Å². The molecule has 0 saturated carbocycles. The number of hydrogen-bond acceptors (Lipinski definition) is 5. The van der Waals surface area contributed by atoms with Gasteiger partial charge in [0.25, 0.3) is 0 Å². The third-order valence-corrected chi connectivity index (χ3v) is 5.89. The Kier molecular flexibility index (Phi) is 5.50. The molecule has 1 saturated heterocycles. The molecule has 1 aliphatic heterocycles. The van der Waals surface area contributed by atoms with Gasteiger partial charge in [-0.3, -0.25) is 9.59 Å². The quantitative estimate of drug-likeness (QED) is 0.910. The van der Waals surface area contributed by atoms with Gasteiger partial charge in [0.1, 0.15) is 0 Å². The largest absolute Gasteiger partial charge is 0.481 e. The standard InChI is InChI=1S/C15H22N2O3S2/c1-15(2,3)14-16-10(8-22-14)6-12(18)17-4-5-21-9-11(17)7-13(19)20/h8,11H,4-7,9H2,1-3H3,(H,19,20). The maximum atomic E-state index is 12.5. The molecule has 0 aromatic carbocycles. The highest BCUT2D eigenvalue weighted by molar-refractivity contribution is 7.99. The Morgan fingerprint density at radius 1 is 1.45 bits per heavy atom. The first-order valence-electron chi connectivity index (χ1n) is 7.31. The van der Waals surface area contributed by atoms with E-state index in [2.05, 4.69) is 25.8 Å². The first-order valence-corrected chi connectivity index (χ1v) is 9.34. The summed E-state index contributed by atoms with van der Waals surface area (Å²) in [6.45, 7) is 6.92. The summed E-state index contributed by atoms with van der Waals surface area (Å²) in [5.74, 6) is 0.695. The summed E-state index contributed by atoms with van der Waals surface area (Å²) in [7, 11) is 0. The molecule has 1 aliphatic rings. The van der Waals surface area contributed by atoms with E-state index in [-0.39, 0.29) is 30.2 Å². The van der Waals surface area contributed by atoms with Crippen LogP contribution in [0, 0.1) is 0 Å². The van der Waals surface area contributed by atoms with Crippen molar-refractivity contribution in [3.05, 3.63) is 16.1 Å². The summed E-state index contributed by atoms with van der Waals surface area (Å²) >= 11 is 3.29. The van der Waals surface area contributed by atoms with Gasteiger partial charge in [0.15, 0.2) is 0 Å². The van der Waals surface area contributed by atoms with Crippen molar-refractivity contribution in [2.24, 2.45) is 0 Å². The Labute approximate surface area is 139 Å². The first-order chi connectivity index (χ1) is 10.3. The van der Waals surface area contributed by atoms with Gasteiger partial charge in [0.2, 0.25) is 5.91 Å². The molecule has 1 amide bonds. The lowest BCUT2D eigenvalue weighted by Crippen LogP contribution is -2.47. The Morgan fingerprint density at radius 2 is 2.18 bits per heavy atom. The van der Waals surface area contributed by atoms with Crippen LogP contribution in [0.5, 0.6) is 0 Å². The third-order valence-electron chi connectivity index (χ3n) is 3.48. The summed E-state index contributed by atoms with van der Waals surface area (Å²) in [5.41, 5.74) is 0.770. The molecule has 1 aromatic heterocycles. The van der Waals surface area contributed by atoms with Crippen molar-refractivity contribution in [2.45, 2.75) is 45.1 Å². The molecule has 1 N–H and O–H groups in total. The second kappa shape index (κ2) is 7.00. The number of aliphatic carboxylic acids is 1. The van der Waals surface area contributed by atoms with Gasteiger partial charge in [-0.2, -0.15) is 11.8 Å². The van der Waals surface area contributed by atoms with Crippen LogP contribution in [0.15, 0.2) is 5.38 Å². The Hall–Kier alpha value is -1.08. The van der Waals surface area contributed by atoms with Crippen molar-refractivity contribution < 1.29 is 14.7 Å². The lowest BCUT2D eigenvalue weighted by atomic mass is 9.98. The molecule has 0 bridgehead atoms. The zero-order valence-electron chi connectivity index (χ0n) is 13.2. The molecule has 0 spiro atoms. The number of hydrogen-bond donors (Lipinski definition) is 1. The average Bonchev–Trinajstić information content (AvgIpc) is 2.87. The number of carboxylic acids is 1. The van der Waals surface area contributed by atoms with Crippen LogP contribution in [0.4, 0.5) is 0 Å². The number of nitrogens with zero attached hydrogens (tertiary/aromatic N) is 2. The van der Waals surface area contributed by atoms with E-state index in [0.717, 1.165) is 16.5 Å². The number of amides is 1. The van der Waals surface area contributed by atoms with Crippen molar-refractivity contribution in [1.29, 1.82) is 0 Å². The highest BCUT2D eigenvalue weighted by atomic mass is 32.2.